The maximum atomic E-state index is 12.8. The third kappa shape index (κ3) is 2.71. The molecule has 0 atom stereocenters. The topological polar surface area (TPSA) is 101 Å². The highest BCUT2D eigenvalue weighted by Crippen LogP contribution is 2.35. The molecule has 1 saturated heterocycles. The maximum Gasteiger partial charge on any atom is 0.416 e. The van der Waals surface area contributed by atoms with Crippen LogP contribution in [-0.2, 0) is 10.9 Å². The molecule has 0 saturated carbocycles. The van der Waals surface area contributed by atoms with E-state index < -0.39 is 11.7 Å². The number of ether oxygens (including phenoxy) is 2. The first-order valence-electron chi connectivity index (χ1n) is 7.21. The normalized spacial score (nSPS) is 15.3. The highest BCUT2D eigenvalue weighted by atomic mass is 19.4. The van der Waals surface area contributed by atoms with Crippen molar-refractivity contribution in [3.63, 3.8) is 0 Å². The smallest absolute Gasteiger partial charge is 0.416 e. The molecular formula is C14H11F3N6O2. The van der Waals surface area contributed by atoms with E-state index in [0.29, 0.717) is 24.2 Å². The second kappa shape index (κ2) is 5.55. The van der Waals surface area contributed by atoms with E-state index in [-0.39, 0.29) is 23.6 Å². The van der Waals surface area contributed by atoms with E-state index in [4.69, 9.17) is 15.2 Å². The zero-order valence-electron chi connectivity index (χ0n) is 12.6. The Balaban J connectivity index is 1.77. The predicted molar refractivity (Wildman–Crippen MR) is 78.9 cm³/mol. The van der Waals surface area contributed by atoms with Gasteiger partial charge in [0.2, 0.25) is 5.88 Å². The molecule has 0 aliphatic carbocycles. The van der Waals surface area contributed by atoms with Gasteiger partial charge in [-0.1, -0.05) is 0 Å². The molecule has 0 amide bonds. The van der Waals surface area contributed by atoms with Crippen molar-refractivity contribution >= 4 is 16.9 Å². The number of hydrogen-bond acceptors (Lipinski definition) is 7. The number of aromatic nitrogens is 5. The zero-order chi connectivity index (χ0) is 17.6. The van der Waals surface area contributed by atoms with Crippen LogP contribution in [0.15, 0.2) is 24.7 Å². The lowest BCUT2D eigenvalue weighted by atomic mass is 10.2. The van der Waals surface area contributed by atoms with Gasteiger partial charge >= 0.3 is 6.18 Å². The molecule has 1 aliphatic heterocycles. The molecule has 0 aromatic carbocycles. The zero-order valence-corrected chi connectivity index (χ0v) is 12.6. The van der Waals surface area contributed by atoms with E-state index in [1.807, 2.05) is 0 Å². The summed E-state index contributed by atoms with van der Waals surface area (Å²) in [6, 6.07) is 1.59. The van der Waals surface area contributed by atoms with Gasteiger partial charge in [0.15, 0.2) is 5.65 Å². The molecule has 3 aromatic rings. The van der Waals surface area contributed by atoms with E-state index in [9.17, 15) is 13.2 Å². The third-order valence-electron chi connectivity index (χ3n) is 3.72. The molecule has 25 heavy (non-hydrogen) atoms. The Morgan fingerprint density at radius 3 is 2.72 bits per heavy atom. The van der Waals surface area contributed by atoms with Gasteiger partial charge in [-0.15, -0.1) is 5.10 Å². The van der Waals surface area contributed by atoms with Crippen molar-refractivity contribution in [3.8, 4) is 11.8 Å². The quantitative estimate of drug-likeness (QED) is 0.771. The molecule has 0 spiro atoms. The molecule has 0 unspecified atom stereocenters. The summed E-state index contributed by atoms with van der Waals surface area (Å²) in [7, 11) is 0. The summed E-state index contributed by atoms with van der Waals surface area (Å²) in [6.07, 6.45) is -2.22. The standard InChI is InChI=1S/C14H11F3N6O2/c15-14(16,17)7-1-2-19-9(3-7)25-13-10-11(18)20-6-21-12(10)23(22-13)8-4-24-5-8/h1-3,6,8H,4-5H2,(H2,18,20,21). The molecule has 4 rings (SSSR count). The van der Waals surface area contributed by atoms with E-state index >= 15 is 0 Å². The van der Waals surface area contributed by atoms with Gasteiger partial charge in [-0.3, -0.25) is 0 Å². The highest BCUT2D eigenvalue weighted by Gasteiger charge is 2.32. The molecule has 0 bridgehead atoms. The first kappa shape index (κ1) is 15.6. The average molecular weight is 352 g/mol. The number of halogens is 3. The molecule has 2 N–H and O–H groups in total. The Labute approximate surface area is 138 Å². The maximum absolute atomic E-state index is 12.8. The number of fused-ring (bicyclic) bond motifs is 1. The lowest BCUT2D eigenvalue weighted by Gasteiger charge is -2.26. The number of pyridine rings is 1. The Bertz CT molecular complexity index is 938. The van der Waals surface area contributed by atoms with Gasteiger partial charge in [-0.25, -0.2) is 19.6 Å². The lowest BCUT2D eigenvalue weighted by Crippen LogP contribution is -2.31. The van der Waals surface area contributed by atoms with Crippen molar-refractivity contribution in [1.82, 2.24) is 24.7 Å². The molecule has 1 fully saturated rings. The molecule has 4 heterocycles. The van der Waals surface area contributed by atoms with Crippen LogP contribution in [0.3, 0.4) is 0 Å². The van der Waals surface area contributed by atoms with Crippen LogP contribution >= 0.6 is 0 Å². The first-order valence-corrected chi connectivity index (χ1v) is 7.21. The second-order valence-corrected chi connectivity index (χ2v) is 5.38. The predicted octanol–water partition coefficient (Wildman–Crippen LogP) is 2.19. The Hall–Kier alpha value is -2.95. The van der Waals surface area contributed by atoms with Crippen molar-refractivity contribution in [1.29, 1.82) is 0 Å². The summed E-state index contributed by atoms with van der Waals surface area (Å²) in [6.45, 7) is 0.893. The van der Waals surface area contributed by atoms with Crippen molar-refractivity contribution in [2.45, 2.75) is 12.2 Å². The van der Waals surface area contributed by atoms with Crippen LogP contribution in [-0.4, -0.2) is 37.9 Å². The fourth-order valence-electron chi connectivity index (χ4n) is 2.39. The minimum absolute atomic E-state index is 0.00757. The van der Waals surface area contributed by atoms with Crippen molar-refractivity contribution in [3.05, 3.63) is 30.2 Å². The number of nitrogen functional groups attached to an aromatic ring is 1. The Morgan fingerprint density at radius 2 is 2.04 bits per heavy atom. The fourth-order valence-corrected chi connectivity index (χ4v) is 2.39. The summed E-state index contributed by atoms with van der Waals surface area (Å²) in [5, 5.41) is 4.58. The molecule has 1 aliphatic rings. The Kier molecular flexibility index (Phi) is 3.46. The lowest BCUT2D eigenvalue weighted by molar-refractivity contribution is -0.137. The van der Waals surface area contributed by atoms with Crippen LogP contribution in [0.5, 0.6) is 11.8 Å². The summed E-state index contributed by atoms with van der Waals surface area (Å²) in [5.74, 6) is -0.153. The largest absolute Gasteiger partial charge is 0.418 e. The van der Waals surface area contributed by atoms with Crippen molar-refractivity contribution in [2.75, 3.05) is 18.9 Å². The molecule has 130 valence electrons. The van der Waals surface area contributed by atoms with Crippen LogP contribution in [0, 0.1) is 0 Å². The minimum Gasteiger partial charge on any atom is -0.418 e. The van der Waals surface area contributed by atoms with E-state index in [1.54, 1.807) is 4.68 Å². The van der Waals surface area contributed by atoms with Gasteiger partial charge in [0, 0.05) is 12.3 Å². The van der Waals surface area contributed by atoms with E-state index in [1.165, 1.54) is 6.33 Å². The average Bonchev–Trinajstić information content (AvgIpc) is 2.85. The van der Waals surface area contributed by atoms with Crippen LogP contribution in [0.25, 0.3) is 11.0 Å². The van der Waals surface area contributed by atoms with Gasteiger partial charge in [-0.2, -0.15) is 13.2 Å². The summed E-state index contributed by atoms with van der Waals surface area (Å²) in [4.78, 5) is 11.8. The summed E-state index contributed by atoms with van der Waals surface area (Å²) in [5.41, 5.74) is 5.41. The van der Waals surface area contributed by atoms with Crippen LogP contribution < -0.4 is 10.5 Å². The fraction of sp³-hybridized carbons (Fsp3) is 0.286. The summed E-state index contributed by atoms with van der Waals surface area (Å²) < 4.78 is 50.7. The highest BCUT2D eigenvalue weighted by molar-refractivity contribution is 5.90. The van der Waals surface area contributed by atoms with Crippen LogP contribution in [0.1, 0.15) is 11.6 Å². The van der Waals surface area contributed by atoms with E-state index in [2.05, 4.69) is 20.1 Å². The van der Waals surface area contributed by atoms with Crippen molar-refractivity contribution < 1.29 is 22.6 Å². The van der Waals surface area contributed by atoms with Gasteiger partial charge in [0.25, 0.3) is 5.88 Å². The first-order chi connectivity index (χ1) is 11.9. The number of nitrogens with zero attached hydrogens (tertiary/aromatic N) is 5. The van der Waals surface area contributed by atoms with Crippen LogP contribution in [0.2, 0.25) is 0 Å². The van der Waals surface area contributed by atoms with Gasteiger partial charge in [0.05, 0.1) is 18.8 Å². The number of anilines is 1. The van der Waals surface area contributed by atoms with Crippen LogP contribution in [0.4, 0.5) is 19.0 Å². The SMILES string of the molecule is Nc1ncnc2c1c(Oc1cc(C(F)(F)F)ccn1)nn2C1COC1. The summed E-state index contributed by atoms with van der Waals surface area (Å²) >= 11 is 0. The number of alkyl halides is 3. The number of rotatable bonds is 3. The number of hydrogen-bond donors (Lipinski definition) is 1. The monoisotopic (exact) mass is 352 g/mol. The van der Waals surface area contributed by atoms with E-state index in [0.717, 1.165) is 18.3 Å². The van der Waals surface area contributed by atoms with Crippen molar-refractivity contribution in [2.24, 2.45) is 0 Å². The third-order valence-corrected chi connectivity index (χ3v) is 3.72. The molecule has 11 heteroatoms. The molecular weight excluding hydrogens is 341 g/mol. The molecule has 3 aromatic heterocycles. The molecule has 8 nitrogen and oxygen atoms in total. The number of nitrogens with two attached hydrogens (primary N) is 1. The Morgan fingerprint density at radius 1 is 1.24 bits per heavy atom. The van der Waals surface area contributed by atoms with Gasteiger partial charge < -0.3 is 15.2 Å². The van der Waals surface area contributed by atoms with Gasteiger partial charge in [0.1, 0.15) is 23.6 Å². The molecule has 0 radical (unpaired) electrons. The second-order valence-electron chi connectivity index (χ2n) is 5.38. The van der Waals surface area contributed by atoms with Gasteiger partial charge in [-0.05, 0) is 6.07 Å². The minimum atomic E-state index is -4.51.